The maximum atomic E-state index is 12.7. The molecule has 0 unspecified atom stereocenters. The first-order chi connectivity index (χ1) is 12.1. The molecule has 0 bridgehead atoms. The predicted molar refractivity (Wildman–Crippen MR) is 91.4 cm³/mol. The van der Waals surface area contributed by atoms with Crippen LogP contribution >= 0.6 is 0 Å². The van der Waals surface area contributed by atoms with Crippen LogP contribution < -0.4 is 9.64 Å². The van der Waals surface area contributed by atoms with Gasteiger partial charge in [-0.2, -0.15) is 0 Å². The van der Waals surface area contributed by atoms with E-state index in [-0.39, 0.29) is 11.9 Å². The molecular weight excluding hydrogens is 322 g/mol. The zero-order valence-corrected chi connectivity index (χ0v) is 14.8. The van der Waals surface area contributed by atoms with Gasteiger partial charge in [0.05, 0.1) is 31.2 Å². The van der Waals surface area contributed by atoms with Crippen molar-refractivity contribution in [3.8, 4) is 5.88 Å². The average molecular weight is 345 g/mol. The Bertz CT molecular complexity index is 731. The smallest absolute Gasteiger partial charge is 0.254 e. The van der Waals surface area contributed by atoms with E-state index < -0.39 is 0 Å². The standard InChI is InChI=1S/C17H23N5O3/c1-21(2)15-11-18-10-13(19-15)14-5-4-8-22(14)17(23)7-6-12-9-16(24-3)20-25-12/h9-11,14H,4-8H2,1-3H3/t14-/m0/s1. The summed E-state index contributed by atoms with van der Waals surface area (Å²) in [4.78, 5) is 25.4. The molecular formula is C17H23N5O3. The van der Waals surface area contributed by atoms with Crippen LogP contribution in [0.5, 0.6) is 5.88 Å². The van der Waals surface area contributed by atoms with Crippen LogP contribution in [0.25, 0.3) is 0 Å². The molecule has 0 aromatic carbocycles. The van der Waals surface area contributed by atoms with Gasteiger partial charge in [-0.25, -0.2) is 4.98 Å². The van der Waals surface area contributed by atoms with E-state index in [1.54, 1.807) is 18.5 Å². The van der Waals surface area contributed by atoms with Crippen LogP contribution in [0.3, 0.4) is 0 Å². The molecule has 0 spiro atoms. The Kier molecular flexibility index (Phi) is 5.16. The Morgan fingerprint density at radius 1 is 1.44 bits per heavy atom. The Hall–Kier alpha value is -2.64. The van der Waals surface area contributed by atoms with Crippen molar-refractivity contribution < 1.29 is 14.1 Å². The third-order valence-corrected chi connectivity index (χ3v) is 4.34. The number of ether oxygens (including phenoxy) is 1. The van der Waals surface area contributed by atoms with Crippen molar-refractivity contribution in [2.45, 2.75) is 31.7 Å². The molecule has 0 radical (unpaired) electrons. The third kappa shape index (κ3) is 3.89. The van der Waals surface area contributed by atoms with Crippen molar-refractivity contribution in [2.24, 2.45) is 0 Å². The van der Waals surface area contributed by atoms with E-state index in [0.29, 0.717) is 24.5 Å². The molecule has 1 amide bonds. The molecule has 25 heavy (non-hydrogen) atoms. The van der Waals surface area contributed by atoms with Crippen LogP contribution in [-0.2, 0) is 11.2 Å². The summed E-state index contributed by atoms with van der Waals surface area (Å²) in [5, 5.41) is 3.75. The quantitative estimate of drug-likeness (QED) is 0.789. The monoisotopic (exact) mass is 345 g/mol. The van der Waals surface area contributed by atoms with Crippen LogP contribution in [0.4, 0.5) is 5.82 Å². The Balaban J connectivity index is 1.66. The lowest BCUT2D eigenvalue weighted by Gasteiger charge is -2.24. The normalized spacial score (nSPS) is 16.9. The van der Waals surface area contributed by atoms with Gasteiger partial charge in [0.25, 0.3) is 5.88 Å². The number of methoxy groups -OCH3 is 1. The van der Waals surface area contributed by atoms with Crippen molar-refractivity contribution in [3.05, 3.63) is 29.9 Å². The summed E-state index contributed by atoms with van der Waals surface area (Å²) in [7, 11) is 5.39. The number of hydrogen-bond acceptors (Lipinski definition) is 7. The molecule has 1 atom stereocenters. The average Bonchev–Trinajstić information content (AvgIpc) is 3.29. The van der Waals surface area contributed by atoms with E-state index in [9.17, 15) is 4.79 Å². The number of carbonyl (C=O) groups is 1. The van der Waals surface area contributed by atoms with Crippen molar-refractivity contribution >= 4 is 11.7 Å². The van der Waals surface area contributed by atoms with Gasteiger partial charge in [0.1, 0.15) is 11.6 Å². The largest absolute Gasteiger partial charge is 0.479 e. The summed E-state index contributed by atoms with van der Waals surface area (Å²) in [5.41, 5.74) is 0.846. The Morgan fingerprint density at radius 2 is 2.28 bits per heavy atom. The number of carbonyl (C=O) groups excluding carboxylic acids is 1. The number of likely N-dealkylation sites (tertiary alicyclic amines) is 1. The summed E-state index contributed by atoms with van der Waals surface area (Å²) in [5.74, 6) is 1.97. The molecule has 1 fully saturated rings. The first kappa shape index (κ1) is 17.2. The molecule has 1 aliphatic rings. The van der Waals surface area contributed by atoms with Gasteiger partial charge in [-0.05, 0) is 18.0 Å². The van der Waals surface area contributed by atoms with Gasteiger partial charge < -0.3 is 19.1 Å². The van der Waals surface area contributed by atoms with Gasteiger partial charge in [0.15, 0.2) is 0 Å². The van der Waals surface area contributed by atoms with Gasteiger partial charge in [-0.3, -0.25) is 9.78 Å². The molecule has 3 heterocycles. The van der Waals surface area contributed by atoms with Crippen LogP contribution in [0.2, 0.25) is 0 Å². The van der Waals surface area contributed by atoms with Gasteiger partial charge >= 0.3 is 0 Å². The molecule has 2 aromatic heterocycles. The number of hydrogen-bond donors (Lipinski definition) is 0. The number of aryl methyl sites for hydroxylation is 1. The number of anilines is 1. The van der Waals surface area contributed by atoms with Gasteiger partial charge in [0.2, 0.25) is 5.91 Å². The summed E-state index contributed by atoms with van der Waals surface area (Å²) >= 11 is 0. The molecule has 2 aromatic rings. The molecule has 134 valence electrons. The molecule has 1 saturated heterocycles. The number of rotatable bonds is 6. The molecule has 3 rings (SSSR count). The summed E-state index contributed by atoms with van der Waals surface area (Å²) < 4.78 is 10.1. The second-order valence-electron chi connectivity index (χ2n) is 6.28. The summed E-state index contributed by atoms with van der Waals surface area (Å²) in [6.45, 7) is 0.747. The highest BCUT2D eigenvalue weighted by Crippen LogP contribution is 2.32. The SMILES string of the molecule is COc1cc(CCC(=O)N2CCC[C@H]2c2cncc(N(C)C)n2)on1. The maximum absolute atomic E-state index is 12.7. The first-order valence-electron chi connectivity index (χ1n) is 8.37. The van der Waals surface area contributed by atoms with Crippen LogP contribution in [0.15, 0.2) is 23.0 Å². The van der Waals surface area contributed by atoms with E-state index in [1.165, 1.54) is 7.11 Å². The lowest BCUT2D eigenvalue weighted by Crippen LogP contribution is -2.31. The van der Waals surface area contributed by atoms with E-state index in [4.69, 9.17) is 9.26 Å². The minimum absolute atomic E-state index is 0.0100. The third-order valence-electron chi connectivity index (χ3n) is 4.34. The van der Waals surface area contributed by atoms with Crippen LogP contribution in [0.1, 0.15) is 36.8 Å². The summed E-state index contributed by atoms with van der Waals surface area (Å²) in [6, 6.07) is 1.70. The zero-order valence-electron chi connectivity index (χ0n) is 14.8. The van der Waals surface area contributed by atoms with Crippen LogP contribution in [0, 0.1) is 0 Å². The molecule has 0 saturated carbocycles. The summed E-state index contributed by atoms with van der Waals surface area (Å²) in [6.07, 6.45) is 6.23. The highest BCUT2D eigenvalue weighted by Gasteiger charge is 2.31. The molecule has 8 nitrogen and oxygen atoms in total. The van der Waals surface area contributed by atoms with Crippen molar-refractivity contribution in [1.29, 1.82) is 0 Å². The van der Waals surface area contributed by atoms with Gasteiger partial charge in [-0.15, -0.1) is 0 Å². The number of aromatic nitrogens is 3. The van der Waals surface area contributed by atoms with Crippen LogP contribution in [-0.4, -0.2) is 53.7 Å². The van der Waals surface area contributed by atoms with Gasteiger partial charge in [-0.1, -0.05) is 0 Å². The second kappa shape index (κ2) is 7.50. The fourth-order valence-corrected chi connectivity index (χ4v) is 3.00. The fourth-order valence-electron chi connectivity index (χ4n) is 3.00. The topological polar surface area (TPSA) is 84.6 Å². The van der Waals surface area contributed by atoms with E-state index in [1.807, 2.05) is 23.9 Å². The van der Waals surface area contributed by atoms with Crippen molar-refractivity contribution in [3.63, 3.8) is 0 Å². The van der Waals surface area contributed by atoms with Crippen molar-refractivity contribution in [2.75, 3.05) is 32.6 Å². The van der Waals surface area contributed by atoms with E-state index >= 15 is 0 Å². The molecule has 0 aliphatic carbocycles. The maximum Gasteiger partial charge on any atom is 0.254 e. The second-order valence-corrected chi connectivity index (χ2v) is 6.28. The lowest BCUT2D eigenvalue weighted by molar-refractivity contribution is -0.132. The molecule has 1 aliphatic heterocycles. The minimum atomic E-state index is -0.0100. The van der Waals surface area contributed by atoms with Gasteiger partial charge in [0, 0.05) is 39.5 Å². The van der Waals surface area contributed by atoms with Crippen molar-refractivity contribution in [1.82, 2.24) is 20.0 Å². The molecule has 8 heteroatoms. The predicted octanol–water partition coefficient (Wildman–Crippen LogP) is 1.84. The first-order valence-corrected chi connectivity index (χ1v) is 8.37. The number of amides is 1. The fraction of sp³-hybridized carbons (Fsp3) is 0.529. The minimum Gasteiger partial charge on any atom is -0.479 e. The zero-order chi connectivity index (χ0) is 17.8. The molecule has 0 N–H and O–H groups in total. The lowest BCUT2D eigenvalue weighted by atomic mass is 10.1. The Morgan fingerprint density at radius 3 is 3.00 bits per heavy atom. The Labute approximate surface area is 146 Å². The highest BCUT2D eigenvalue weighted by molar-refractivity contribution is 5.77. The van der Waals surface area contributed by atoms with E-state index in [0.717, 1.165) is 30.9 Å². The van der Waals surface area contributed by atoms with E-state index in [2.05, 4.69) is 15.1 Å². The highest BCUT2D eigenvalue weighted by atomic mass is 16.5. The number of nitrogens with zero attached hydrogens (tertiary/aromatic N) is 5.